The molecular formula is C23H24O3S. The van der Waals surface area contributed by atoms with Crippen molar-refractivity contribution in [1.29, 1.82) is 0 Å². The molecule has 27 heavy (non-hydrogen) atoms. The van der Waals surface area contributed by atoms with Gasteiger partial charge in [-0.05, 0) is 35.4 Å². The van der Waals surface area contributed by atoms with E-state index < -0.39 is 11.6 Å². The van der Waals surface area contributed by atoms with Gasteiger partial charge in [0.05, 0.1) is 13.0 Å². The van der Waals surface area contributed by atoms with Crippen molar-refractivity contribution in [2.24, 2.45) is 0 Å². The second-order valence-corrected chi connectivity index (χ2v) is 8.78. The molecular weight excluding hydrogens is 356 g/mol. The molecule has 0 aliphatic carbocycles. The standard InChI is InChI=1S/C23H24O3S/c1-3-23(14-19(24)25)21-20(17-11-7-8-12-18(17)27-21)22(2,15-26-23)13-16-9-5-4-6-10-16/h4-12H,3,13-15H2,1-2H3,(H,24,25). The van der Waals surface area contributed by atoms with E-state index in [-0.39, 0.29) is 11.8 Å². The molecule has 2 aromatic carbocycles. The molecule has 140 valence electrons. The summed E-state index contributed by atoms with van der Waals surface area (Å²) in [5, 5.41) is 10.8. The highest BCUT2D eigenvalue weighted by Crippen LogP contribution is 2.52. The predicted molar refractivity (Wildman–Crippen MR) is 109 cm³/mol. The normalized spacial score (nSPS) is 24.7. The highest BCUT2D eigenvalue weighted by molar-refractivity contribution is 7.19. The molecule has 0 bridgehead atoms. The van der Waals surface area contributed by atoms with Crippen LogP contribution in [0, 0.1) is 0 Å². The number of fused-ring (bicyclic) bond motifs is 3. The number of carbonyl (C=O) groups is 1. The fourth-order valence-corrected chi connectivity index (χ4v) is 5.92. The summed E-state index contributed by atoms with van der Waals surface area (Å²) in [4.78, 5) is 12.7. The van der Waals surface area contributed by atoms with Crippen LogP contribution in [0.3, 0.4) is 0 Å². The third-order valence-electron chi connectivity index (χ3n) is 5.72. The number of carboxylic acid groups (broad SMARTS) is 1. The lowest BCUT2D eigenvalue weighted by molar-refractivity contribution is -0.150. The van der Waals surface area contributed by atoms with Crippen LogP contribution in [0.25, 0.3) is 10.1 Å². The van der Waals surface area contributed by atoms with Crippen LogP contribution in [-0.2, 0) is 27.0 Å². The molecule has 2 unspecified atom stereocenters. The van der Waals surface area contributed by atoms with Crippen molar-refractivity contribution in [3.63, 3.8) is 0 Å². The lowest BCUT2D eigenvalue weighted by atomic mass is 9.71. The second-order valence-electron chi connectivity index (χ2n) is 7.73. The molecule has 0 fully saturated rings. The summed E-state index contributed by atoms with van der Waals surface area (Å²) >= 11 is 1.70. The Balaban J connectivity index is 1.91. The monoisotopic (exact) mass is 380 g/mol. The van der Waals surface area contributed by atoms with Crippen molar-refractivity contribution in [3.8, 4) is 0 Å². The van der Waals surface area contributed by atoms with Gasteiger partial charge in [-0.3, -0.25) is 4.79 Å². The molecule has 1 aromatic heterocycles. The molecule has 3 nitrogen and oxygen atoms in total. The SMILES string of the molecule is CCC1(CC(=O)O)OCC(C)(Cc2ccccc2)c2c1sc1ccccc21. The first-order valence-electron chi connectivity index (χ1n) is 9.40. The van der Waals surface area contributed by atoms with Crippen molar-refractivity contribution in [3.05, 3.63) is 70.6 Å². The van der Waals surface area contributed by atoms with Crippen LogP contribution in [0.4, 0.5) is 0 Å². The van der Waals surface area contributed by atoms with Crippen molar-refractivity contribution in [2.75, 3.05) is 6.61 Å². The first kappa shape index (κ1) is 18.2. The third kappa shape index (κ3) is 3.07. The summed E-state index contributed by atoms with van der Waals surface area (Å²) in [6.07, 6.45) is 1.53. The van der Waals surface area contributed by atoms with Crippen molar-refractivity contribution in [1.82, 2.24) is 0 Å². The Kier molecular flexibility index (Phi) is 4.57. The largest absolute Gasteiger partial charge is 0.481 e. The van der Waals surface area contributed by atoms with Gasteiger partial charge in [-0.15, -0.1) is 11.3 Å². The van der Waals surface area contributed by atoms with Crippen molar-refractivity contribution < 1.29 is 14.6 Å². The molecule has 4 rings (SSSR count). The Bertz CT molecular complexity index is 978. The quantitative estimate of drug-likeness (QED) is 0.635. The summed E-state index contributed by atoms with van der Waals surface area (Å²) < 4.78 is 7.60. The number of benzene rings is 2. The maximum absolute atomic E-state index is 11.6. The first-order valence-corrected chi connectivity index (χ1v) is 10.2. The van der Waals surface area contributed by atoms with Crippen molar-refractivity contribution in [2.45, 2.75) is 44.1 Å². The minimum absolute atomic E-state index is 0.00470. The molecule has 2 heterocycles. The van der Waals surface area contributed by atoms with E-state index in [1.807, 2.05) is 19.1 Å². The minimum Gasteiger partial charge on any atom is -0.481 e. The Hall–Kier alpha value is -2.17. The van der Waals surface area contributed by atoms with E-state index in [2.05, 4.69) is 49.4 Å². The molecule has 2 atom stereocenters. The number of hydrogen-bond acceptors (Lipinski definition) is 3. The molecule has 0 amide bonds. The maximum Gasteiger partial charge on any atom is 0.306 e. The van der Waals surface area contributed by atoms with Crippen LogP contribution in [-0.4, -0.2) is 17.7 Å². The molecule has 1 aliphatic rings. The summed E-state index contributed by atoms with van der Waals surface area (Å²) in [7, 11) is 0. The molecule has 0 radical (unpaired) electrons. The minimum atomic E-state index is -0.813. The lowest BCUT2D eigenvalue weighted by Gasteiger charge is -2.44. The van der Waals surface area contributed by atoms with Crippen LogP contribution < -0.4 is 0 Å². The van der Waals surface area contributed by atoms with Gasteiger partial charge in [-0.1, -0.05) is 62.4 Å². The van der Waals surface area contributed by atoms with E-state index in [4.69, 9.17) is 4.74 Å². The molecule has 0 saturated carbocycles. The summed E-state index contributed by atoms with van der Waals surface area (Å²) in [5.41, 5.74) is 1.63. The Morgan fingerprint density at radius 3 is 2.56 bits per heavy atom. The van der Waals surface area contributed by atoms with E-state index in [0.29, 0.717) is 13.0 Å². The number of thiophene rings is 1. The summed E-state index contributed by atoms with van der Waals surface area (Å²) in [6.45, 7) is 4.80. The lowest BCUT2D eigenvalue weighted by Crippen LogP contribution is -2.45. The van der Waals surface area contributed by atoms with Crippen LogP contribution in [0.2, 0.25) is 0 Å². The average molecular weight is 381 g/mol. The number of hydrogen-bond donors (Lipinski definition) is 1. The van der Waals surface area contributed by atoms with Crippen LogP contribution in [0.5, 0.6) is 0 Å². The van der Waals surface area contributed by atoms with Gasteiger partial charge in [0.25, 0.3) is 0 Å². The van der Waals surface area contributed by atoms with E-state index in [1.165, 1.54) is 21.2 Å². The molecule has 1 N–H and O–H groups in total. The van der Waals surface area contributed by atoms with Crippen molar-refractivity contribution >= 4 is 27.4 Å². The zero-order chi connectivity index (χ0) is 19.1. The molecule has 1 aliphatic heterocycles. The van der Waals surface area contributed by atoms with Gasteiger partial charge >= 0.3 is 5.97 Å². The highest BCUT2D eigenvalue weighted by Gasteiger charge is 2.48. The first-order chi connectivity index (χ1) is 13.0. The molecule has 4 heteroatoms. The predicted octanol–water partition coefficient (Wildman–Crippen LogP) is 5.51. The van der Waals surface area contributed by atoms with Crippen LogP contribution in [0.15, 0.2) is 54.6 Å². The number of aliphatic carboxylic acids is 1. The number of rotatable bonds is 5. The van der Waals surface area contributed by atoms with Gasteiger partial charge in [-0.25, -0.2) is 0 Å². The second kappa shape index (κ2) is 6.77. The van der Waals surface area contributed by atoms with E-state index in [0.717, 1.165) is 11.3 Å². The van der Waals surface area contributed by atoms with Crippen LogP contribution >= 0.6 is 11.3 Å². The van der Waals surface area contributed by atoms with Gasteiger partial charge in [0, 0.05) is 15.0 Å². The maximum atomic E-state index is 11.6. The van der Waals surface area contributed by atoms with Gasteiger partial charge in [-0.2, -0.15) is 0 Å². The zero-order valence-corrected chi connectivity index (χ0v) is 16.5. The third-order valence-corrected chi connectivity index (χ3v) is 7.08. The fraction of sp³-hybridized carbons (Fsp3) is 0.348. The van der Waals surface area contributed by atoms with Gasteiger partial charge in [0.15, 0.2) is 0 Å². The summed E-state index contributed by atoms with van der Waals surface area (Å²) in [5.74, 6) is -0.813. The number of ether oxygens (including phenoxy) is 1. The van der Waals surface area contributed by atoms with Gasteiger partial charge in [0.2, 0.25) is 0 Å². The number of carboxylic acids is 1. The van der Waals surface area contributed by atoms with E-state index in [9.17, 15) is 9.90 Å². The highest BCUT2D eigenvalue weighted by atomic mass is 32.1. The topological polar surface area (TPSA) is 46.5 Å². The Morgan fingerprint density at radius 1 is 1.15 bits per heavy atom. The van der Waals surface area contributed by atoms with E-state index in [1.54, 1.807) is 11.3 Å². The molecule has 0 saturated heterocycles. The molecule has 0 spiro atoms. The summed E-state index contributed by atoms with van der Waals surface area (Å²) in [6, 6.07) is 18.9. The average Bonchev–Trinajstić information content (AvgIpc) is 3.07. The Morgan fingerprint density at radius 2 is 1.85 bits per heavy atom. The van der Waals surface area contributed by atoms with E-state index >= 15 is 0 Å². The zero-order valence-electron chi connectivity index (χ0n) is 15.7. The smallest absolute Gasteiger partial charge is 0.306 e. The Labute approximate surface area is 163 Å². The van der Waals surface area contributed by atoms with Gasteiger partial charge < -0.3 is 9.84 Å². The molecule has 3 aromatic rings. The van der Waals surface area contributed by atoms with Gasteiger partial charge in [0.1, 0.15) is 5.60 Å². The van der Waals surface area contributed by atoms with Crippen LogP contribution in [0.1, 0.15) is 42.7 Å². The fourth-order valence-electron chi connectivity index (χ4n) is 4.35.